The third kappa shape index (κ3) is 5.92. The van der Waals surface area contributed by atoms with Crippen molar-refractivity contribution in [1.82, 2.24) is 5.32 Å². The lowest BCUT2D eigenvalue weighted by Gasteiger charge is -2.15. The number of carbonyl (C=O) groups is 1. The van der Waals surface area contributed by atoms with E-state index in [2.05, 4.69) is 19.2 Å². The minimum absolute atomic E-state index is 0. The number of carbonyl (C=O) groups excluding carboxylic acids is 1. The van der Waals surface area contributed by atoms with E-state index in [1.54, 1.807) is 24.3 Å². The fraction of sp³-hybridized carbons (Fsp3) is 0.500. The summed E-state index contributed by atoms with van der Waals surface area (Å²) in [6, 6.07) is 7.20. The molecular weight excluding hydrogens is 248 g/mol. The molecule has 0 radical (unpaired) electrons. The molecule has 0 aliphatic carbocycles. The third-order valence-electron chi connectivity index (χ3n) is 2.73. The van der Waals surface area contributed by atoms with Crippen molar-refractivity contribution in [2.24, 2.45) is 5.92 Å². The van der Waals surface area contributed by atoms with E-state index in [0.717, 1.165) is 12.8 Å². The number of nitrogens with two attached hydrogens (primary N) is 1. The molecule has 0 saturated heterocycles. The number of hydrogen-bond acceptors (Lipinski definition) is 2. The van der Waals surface area contributed by atoms with Gasteiger partial charge in [0.05, 0.1) is 0 Å². The summed E-state index contributed by atoms with van der Waals surface area (Å²) in [5, 5.41) is 2.99. The van der Waals surface area contributed by atoms with Gasteiger partial charge < -0.3 is 11.1 Å². The molecule has 1 amide bonds. The molecule has 1 aromatic rings. The van der Waals surface area contributed by atoms with Crippen molar-refractivity contribution in [3.63, 3.8) is 0 Å². The Balaban J connectivity index is 0.00000289. The van der Waals surface area contributed by atoms with Crippen LogP contribution in [0.2, 0.25) is 0 Å². The van der Waals surface area contributed by atoms with E-state index >= 15 is 0 Å². The molecule has 102 valence electrons. The second kappa shape index (κ2) is 7.98. The number of nitrogen functional groups attached to an aromatic ring is 1. The van der Waals surface area contributed by atoms with Crippen molar-refractivity contribution < 1.29 is 4.79 Å². The number of anilines is 1. The molecule has 0 aromatic heterocycles. The van der Waals surface area contributed by atoms with Gasteiger partial charge in [0.15, 0.2) is 0 Å². The van der Waals surface area contributed by atoms with Gasteiger partial charge in [-0.15, -0.1) is 12.4 Å². The van der Waals surface area contributed by atoms with Gasteiger partial charge in [0.1, 0.15) is 0 Å². The summed E-state index contributed by atoms with van der Waals surface area (Å²) >= 11 is 0. The average molecular weight is 271 g/mol. The van der Waals surface area contributed by atoms with E-state index < -0.39 is 0 Å². The molecule has 0 saturated carbocycles. The molecule has 0 aliphatic rings. The second-order valence-electron chi connectivity index (χ2n) is 4.97. The number of rotatable bonds is 5. The number of nitrogens with one attached hydrogen (secondary N) is 1. The van der Waals surface area contributed by atoms with Crippen LogP contribution in [0.3, 0.4) is 0 Å². The lowest BCUT2D eigenvalue weighted by molar-refractivity contribution is 0.0937. The minimum atomic E-state index is -0.0266. The van der Waals surface area contributed by atoms with Gasteiger partial charge in [0.2, 0.25) is 0 Å². The summed E-state index contributed by atoms with van der Waals surface area (Å²) in [5.41, 5.74) is 6.92. The molecule has 0 bridgehead atoms. The van der Waals surface area contributed by atoms with Crippen molar-refractivity contribution in [3.8, 4) is 0 Å². The van der Waals surface area contributed by atoms with Gasteiger partial charge in [-0.3, -0.25) is 4.79 Å². The first-order valence-corrected chi connectivity index (χ1v) is 6.15. The molecule has 1 aromatic carbocycles. The molecular formula is C14H23ClN2O. The summed E-state index contributed by atoms with van der Waals surface area (Å²) in [4.78, 5) is 11.9. The predicted molar refractivity (Wildman–Crippen MR) is 79.1 cm³/mol. The Bertz CT molecular complexity index is 363. The van der Waals surface area contributed by atoms with Crippen LogP contribution in [-0.4, -0.2) is 11.9 Å². The normalized spacial score (nSPS) is 11.8. The number of hydrogen-bond donors (Lipinski definition) is 2. The Kier molecular flexibility index (Phi) is 7.44. The van der Waals surface area contributed by atoms with Gasteiger partial charge in [-0.05, 0) is 49.9 Å². The molecule has 0 spiro atoms. The quantitative estimate of drug-likeness (QED) is 0.807. The largest absolute Gasteiger partial charge is 0.399 e. The average Bonchev–Trinajstić information content (AvgIpc) is 2.27. The monoisotopic (exact) mass is 270 g/mol. The first-order valence-electron chi connectivity index (χ1n) is 6.15. The SMILES string of the molecule is CC(C)CCC(C)NC(=O)c1ccc(N)cc1.Cl. The summed E-state index contributed by atoms with van der Waals surface area (Å²) in [6.45, 7) is 6.42. The van der Waals surface area contributed by atoms with Crippen molar-refractivity contribution in [1.29, 1.82) is 0 Å². The van der Waals surface area contributed by atoms with Gasteiger partial charge in [0.25, 0.3) is 5.91 Å². The van der Waals surface area contributed by atoms with Crippen molar-refractivity contribution in [2.75, 3.05) is 5.73 Å². The highest BCUT2D eigenvalue weighted by Crippen LogP contribution is 2.09. The van der Waals surface area contributed by atoms with Crippen LogP contribution in [0.5, 0.6) is 0 Å². The van der Waals surface area contributed by atoms with E-state index in [9.17, 15) is 4.79 Å². The van der Waals surface area contributed by atoms with E-state index in [1.807, 2.05) is 6.92 Å². The zero-order valence-corrected chi connectivity index (χ0v) is 12.1. The predicted octanol–water partition coefficient (Wildman–Crippen LogP) is 3.25. The highest BCUT2D eigenvalue weighted by Gasteiger charge is 2.09. The van der Waals surface area contributed by atoms with E-state index in [-0.39, 0.29) is 24.4 Å². The number of halogens is 1. The van der Waals surface area contributed by atoms with Crippen molar-refractivity contribution in [2.45, 2.75) is 39.7 Å². The maximum atomic E-state index is 11.9. The van der Waals surface area contributed by atoms with Gasteiger partial charge in [0, 0.05) is 17.3 Å². The molecule has 18 heavy (non-hydrogen) atoms. The summed E-state index contributed by atoms with van der Waals surface area (Å²) < 4.78 is 0. The molecule has 0 aliphatic heterocycles. The molecule has 3 nitrogen and oxygen atoms in total. The highest BCUT2D eigenvalue weighted by atomic mass is 35.5. The van der Waals surface area contributed by atoms with Gasteiger partial charge >= 0.3 is 0 Å². The topological polar surface area (TPSA) is 55.1 Å². The fourth-order valence-electron chi connectivity index (χ4n) is 1.60. The van der Waals surface area contributed by atoms with Crippen LogP contribution >= 0.6 is 12.4 Å². The van der Waals surface area contributed by atoms with Crippen LogP contribution in [0.4, 0.5) is 5.69 Å². The zero-order chi connectivity index (χ0) is 12.8. The van der Waals surface area contributed by atoms with Gasteiger partial charge in [-0.2, -0.15) is 0 Å². The van der Waals surface area contributed by atoms with Crippen LogP contribution in [0.1, 0.15) is 44.0 Å². The first-order chi connectivity index (χ1) is 7.99. The standard InChI is InChI=1S/C14H22N2O.ClH/c1-10(2)4-5-11(3)16-14(17)12-6-8-13(15)9-7-12;/h6-11H,4-5,15H2,1-3H3,(H,16,17);1H. The van der Waals surface area contributed by atoms with E-state index in [4.69, 9.17) is 5.73 Å². The summed E-state index contributed by atoms with van der Waals surface area (Å²) in [5.74, 6) is 0.645. The van der Waals surface area contributed by atoms with Crippen LogP contribution in [-0.2, 0) is 0 Å². The van der Waals surface area contributed by atoms with Gasteiger partial charge in [-0.25, -0.2) is 0 Å². The van der Waals surface area contributed by atoms with Crippen LogP contribution in [0, 0.1) is 5.92 Å². The highest BCUT2D eigenvalue weighted by molar-refractivity contribution is 5.94. The lowest BCUT2D eigenvalue weighted by Crippen LogP contribution is -2.32. The molecule has 3 N–H and O–H groups in total. The first kappa shape index (κ1) is 16.8. The Hall–Kier alpha value is -1.22. The Morgan fingerprint density at radius 1 is 1.17 bits per heavy atom. The molecule has 0 heterocycles. The third-order valence-corrected chi connectivity index (χ3v) is 2.73. The molecule has 1 rings (SSSR count). The van der Waals surface area contributed by atoms with Crippen molar-refractivity contribution >= 4 is 24.0 Å². The Labute approximate surface area is 116 Å². The van der Waals surface area contributed by atoms with Crippen molar-refractivity contribution in [3.05, 3.63) is 29.8 Å². The summed E-state index contributed by atoms with van der Waals surface area (Å²) in [7, 11) is 0. The molecule has 1 unspecified atom stereocenters. The molecule has 0 fully saturated rings. The van der Waals surface area contributed by atoms with E-state index in [1.165, 1.54) is 0 Å². The van der Waals surface area contributed by atoms with Gasteiger partial charge in [-0.1, -0.05) is 13.8 Å². The Morgan fingerprint density at radius 3 is 2.22 bits per heavy atom. The second-order valence-corrected chi connectivity index (χ2v) is 4.97. The lowest BCUT2D eigenvalue weighted by atomic mass is 10.0. The summed E-state index contributed by atoms with van der Waals surface area (Å²) in [6.07, 6.45) is 2.14. The minimum Gasteiger partial charge on any atom is -0.399 e. The smallest absolute Gasteiger partial charge is 0.251 e. The maximum absolute atomic E-state index is 11.9. The number of benzene rings is 1. The van der Waals surface area contributed by atoms with Crippen LogP contribution < -0.4 is 11.1 Å². The zero-order valence-electron chi connectivity index (χ0n) is 11.3. The Morgan fingerprint density at radius 2 is 1.72 bits per heavy atom. The van der Waals surface area contributed by atoms with Crippen LogP contribution in [0.15, 0.2) is 24.3 Å². The maximum Gasteiger partial charge on any atom is 0.251 e. The molecule has 1 atom stereocenters. The van der Waals surface area contributed by atoms with Crippen LogP contribution in [0.25, 0.3) is 0 Å². The fourth-order valence-corrected chi connectivity index (χ4v) is 1.60. The van der Waals surface area contributed by atoms with E-state index in [0.29, 0.717) is 17.2 Å². The number of amides is 1. The molecule has 4 heteroatoms.